The summed E-state index contributed by atoms with van der Waals surface area (Å²) in [7, 11) is 0. The number of nitrogens with one attached hydrogen (secondary N) is 2. The van der Waals surface area contributed by atoms with Crippen LogP contribution >= 0.6 is 11.3 Å². The largest absolute Gasteiger partial charge is 0.351 e. The smallest absolute Gasteiger partial charge is 0.261 e. The number of fused-ring (bicyclic) bond motifs is 5. The van der Waals surface area contributed by atoms with Crippen molar-refractivity contribution in [3.05, 3.63) is 56.9 Å². The Kier molecular flexibility index (Phi) is 3.31. The lowest BCUT2D eigenvalue weighted by Gasteiger charge is -2.18. The van der Waals surface area contributed by atoms with Crippen LogP contribution in [0.3, 0.4) is 0 Å². The number of H-pyrrole nitrogens is 1. The molecule has 2 aliphatic carbocycles. The Hall–Kier alpha value is -2.40. The van der Waals surface area contributed by atoms with Gasteiger partial charge in [0.05, 0.1) is 4.88 Å². The van der Waals surface area contributed by atoms with Crippen LogP contribution in [0.15, 0.2) is 47.3 Å². The number of para-hydroxylation sites is 1. The molecule has 0 spiro atoms. The van der Waals surface area contributed by atoms with Crippen LogP contribution in [-0.4, -0.2) is 17.4 Å². The molecule has 1 saturated carbocycles. The number of aromatic amines is 1. The number of carbonyl (C=O) groups excluding carboxylic acids is 1. The van der Waals surface area contributed by atoms with E-state index in [4.69, 9.17) is 0 Å². The van der Waals surface area contributed by atoms with Gasteiger partial charge in [-0.05, 0) is 42.7 Å². The molecule has 2 bridgehead atoms. The van der Waals surface area contributed by atoms with Crippen molar-refractivity contribution in [3.63, 3.8) is 0 Å². The van der Waals surface area contributed by atoms with Crippen LogP contribution in [0, 0.1) is 17.8 Å². The van der Waals surface area contributed by atoms with Gasteiger partial charge in [0.2, 0.25) is 0 Å². The van der Waals surface area contributed by atoms with Crippen LogP contribution in [-0.2, 0) is 0 Å². The molecule has 25 heavy (non-hydrogen) atoms. The van der Waals surface area contributed by atoms with Gasteiger partial charge in [0.1, 0.15) is 5.52 Å². The number of hydrogen-bond acceptors (Lipinski definition) is 3. The lowest BCUT2D eigenvalue weighted by Crippen LogP contribution is -2.30. The quantitative estimate of drug-likeness (QED) is 0.708. The summed E-state index contributed by atoms with van der Waals surface area (Å²) in [6.45, 7) is 0.692. The molecule has 3 aromatic rings. The van der Waals surface area contributed by atoms with Crippen LogP contribution in [0.1, 0.15) is 22.5 Å². The predicted octanol–water partition coefficient (Wildman–Crippen LogP) is 3.68. The molecular weight excluding hydrogens is 332 g/mol. The van der Waals surface area contributed by atoms with E-state index in [1.807, 2.05) is 30.3 Å². The molecule has 0 radical (unpaired) electrons. The fourth-order valence-corrected chi connectivity index (χ4v) is 5.14. The maximum absolute atomic E-state index is 12.6. The second-order valence-electron chi connectivity index (χ2n) is 7.11. The molecule has 1 fully saturated rings. The Labute approximate surface area is 148 Å². The van der Waals surface area contributed by atoms with E-state index in [0.717, 1.165) is 27.6 Å². The van der Waals surface area contributed by atoms with Crippen LogP contribution in [0.5, 0.6) is 0 Å². The number of aromatic nitrogens is 1. The van der Waals surface area contributed by atoms with Crippen molar-refractivity contribution in [2.45, 2.75) is 12.8 Å². The summed E-state index contributed by atoms with van der Waals surface area (Å²) in [4.78, 5) is 28.7. The number of carbonyl (C=O) groups is 1. The fourth-order valence-electron chi connectivity index (χ4n) is 4.34. The maximum Gasteiger partial charge on any atom is 0.261 e. The maximum atomic E-state index is 12.6. The highest BCUT2D eigenvalue weighted by atomic mass is 32.1. The molecule has 3 atom stereocenters. The predicted molar refractivity (Wildman–Crippen MR) is 101 cm³/mol. The zero-order valence-corrected chi connectivity index (χ0v) is 14.4. The van der Waals surface area contributed by atoms with Gasteiger partial charge in [-0.3, -0.25) is 9.59 Å². The monoisotopic (exact) mass is 350 g/mol. The Morgan fingerprint density at radius 2 is 2.08 bits per heavy atom. The summed E-state index contributed by atoms with van der Waals surface area (Å²) in [5.41, 5.74) is 1.51. The van der Waals surface area contributed by atoms with E-state index >= 15 is 0 Å². The van der Waals surface area contributed by atoms with Gasteiger partial charge in [-0.25, -0.2) is 0 Å². The molecule has 2 N–H and O–H groups in total. The van der Waals surface area contributed by atoms with Crippen molar-refractivity contribution in [1.29, 1.82) is 0 Å². The molecule has 3 unspecified atom stereocenters. The van der Waals surface area contributed by atoms with E-state index in [-0.39, 0.29) is 10.6 Å². The zero-order valence-electron chi connectivity index (χ0n) is 13.6. The average molecular weight is 350 g/mol. The van der Waals surface area contributed by atoms with Gasteiger partial charge in [0.15, 0.2) is 0 Å². The fraction of sp³-hybridized carbons (Fsp3) is 0.300. The highest BCUT2D eigenvalue weighted by molar-refractivity contribution is 7.12. The minimum absolute atomic E-state index is 0.0956. The average Bonchev–Trinajstić information content (AvgIpc) is 3.33. The van der Waals surface area contributed by atoms with Crippen molar-refractivity contribution in [2.75, 3.05) is 6.54 Å². The lowest BCUT2D eigenvalue weighted by atomic mass is 9.93. The molecular formula is C20H18N2O2S. The Balaban J connectivity index is 1.44. The SMILES string of the molecule is O=C(NCC1CC2C=CC1C2)c1cc2c([nH]c3ccccc32)c(=O)s1. The number of benzene rings is 1. The molecule has 0 saturated heterocycles. The first-order valence-electron chi connectivity index (χ1n) is 8.70. The molecule has 2 aliphatic rings. The zero-order chi connectivity index (χ0) is 17.0. The van der Waals surface area contributed by atoms with E-state index < -0.39 is 0 Å². The minimum Gasteiger partial charge on any atom is -0.351 e. The van der Waals surface area contributed by atoms with Crippen molar-refractivity contribution in [2.24, 2.45) is 17.8 Å². The van der Waals surface area contributed by atoms with E-state index in [9.17, 15) is 9.59 Å². The van der Waals surface area contributed by atoms with Gasteiger partial charge in [-0.1, -0.05) is 41.7 Å². The second kappa shape index (κ2) is 5.56. The number of hydrogen-bond donors (Lipinski definition) is 2. The number of amides is 1. The topological polar surface area (TPSA) is 62.0 Å². The summed E-state index contributed by atoms with van der Waals surface area (Å²) in [5.74, 6) is 1.71. The van der Waals surface area contributed by atoms with Gasteiger partial charge in [-0.15, -0.1) is 0 Å². The van der Waals surface area contributed by atoms with Crippen LogP contribution < -0.4 is 10.1 Å². The third-order valence-corrected chi connectivity index (χ3v) is 6.51. The van der Waals surface area contributed by atoms with Crippen LogP contribution in [0.2, 0.25) is 0 Å². The molecule has 5 heteroatoms. The minimum atomic E-state index is -0.138. The summed E-state index contributed by atoms with van der Waals surface area (Å²) in [6.07, 6.45) is 7.00. The molecule has 4 nitrogen and oxygen atoms in total. The summed E-state index contributed by atoms with van der Waals surface area (Å²) < 4.78 is -0.0956. The van der Waals surface area contributed by atoms with Crippen molar-refractivity contribution in [1.82, 2.24) is 10.3 Å². The third-order valence-electron chi connectivity index (χ3n) is 5.59. The Bertz CT molecular complexity index is 1080. The Morgan fingerprint density at radius 1 is 1.20 bits per heavy atom. The standard InChI is InChI=1S/C20H18N2O2S/c23-19(21-10-13-8-11-5-6-12(13)7-11)17-9-15-14-3-1-2-4-16(14)22-18(15)20(24)25-17/h1-6,9,11-13,22H,7-8,10H2,(H,21,23). The summed E-state index contributed by atoms with van der Waals surface area (Å²) >= 11 is 1.02. The van der Waals surface area contributed by atoms with Gasteiger partial charge in [-0.2, -0.15) is 0 Å². The van der Waals surface area contributed by atoms with Crippen molar-refractivity contribution in [3.8, 4) is 0 Å². The molecule has 2 aromatic heterocycles. The first kappa shape index (κ1) is 14.9. The summed E-state index contributed by atoms with van der Waals surface area (Å²) in [5, 5.41) is 4.85. The van der Waals surface area contributed by atoms with E-state index in [1.165, 1.54) is 12.8 Å². The van der Waals surface area contributed by atoms with Gasteiger partial charge in [0, 0.05) is 22.8 Å². The van der Waals surface area contributed by atoms with Gasteiger partial charge >= 0.3 is 0 Å². The van der Waals surface area contributed by atoms with E-state index in [1.54, 1.807) is 0 Å². The number of rotatable bonds is 3. The Morgan fingerprint density at radius 3 is 2.88 bits per heavy atom. The molecule has 5 rings (SSSR count). The van der Waals surface area contributed by atoms with Crippen LogP contribution in [0.4, 0.5) is 0 Å². The van der Waals surface area contributed by atoms with E-state index in [2.05, 4.69) is 22.5 Å². The highest BCUT2D eigenvalue weighted by Gasteiger charge is 2.35. The molecule has 1 aromatic carbocycles. The first-order chi connectivity index (χ1) is 12.2. The number of allylic oxidation sites excluding steroid dienone is 2. The van der Waals surface area contributed by atoms with Gasteiger partial charge < -0.3 is 10.3 Å². The van der Waals surface area contributed by atoms with Gasteiger partial charge in [0.25, 0.3) is 10.6 Å². The van der Waals surface area contributed by atoms with Crippen LogP contribution in [0.25, 0.3) is 21.8 Å². The molecule has 1 amide bonds. The first-order valence-corrected chi connectivity index (χ1v) is 9.52. The van der Waals surface area contributed by atoms with E-state index in [0.29, 0.717) is 34.7 Å². The molecule has 0 aliphatic heterocycles. The second-order valence-corrected chi connectivity index (χ2v) is 8.12. The third kappa shape index (κ3) is 2.42. The molecule has 126 valence electrons. The summed E-state index contributed by atoms with van der Waals surface area (Å²) in [6, 6.07) is 9.64. The lowest BCUT2D eigenvalue weighted by molar-refractivity contribution is 0.0949. The normalized spacial score (nSPS) is 24.4. The van der Waals surface area contributed by atoms with Crippen molar-refractivity contribution >= 4 is 39.0 Å². The molecule has 2 heterocycles. The highest BCUT2D eigenvalue weighted by Crippen LogP contribution is 2.43. The van der Waals surface area contributed by atoms with Crippen molar-refractivity contribution < 1.29 is 4.79 Å².